The van der Waals surface area contributed by atoms with Gasteiger partial charge in [-0.05, 0) is 17.7 Å². The quantitative estimate of drug-likeness (QED) is 0.628. The summed E-state index contributed by atoms with van der Waals surface area (Å²) in [5.74, 6) is -2.14. The molecule has 0 radical (unpaired) electrons. The van der Waals surface area contributed by atoms with Crippen molar-refractivity contribution in [2.24, 2.45) is 0 Å². The Morgan fingerprint density at radius 3 is 2.39 bits per heavy atom. The maximum absolute atomic E-state index is 12.7. The van der Waals surface area contributed by atoms with E-state index in [4.69, 9.17) is 0 Å². The largest absolute Gasteiger partial charge is 0.481 e. The first-order valence-electron chi connectivity index (χ1n) is 7.15. The molecule has 0 spiro atoms. The first-order valence-corrected chi connectivity index (χ1v) is 9.00. The number of fused-ring (bicyclic) bond motifs is 1. The minimum absolute atomic E-state index is 0.181. The number of nitrogens with one attached hydrogen (secondary N) is 1. The Balaban J connectivity index is 1.95. The average Bonchev–Trinajstić information content (AvgIpc) is 2.98. The third-order valence-corrected chi connectivity index (χ3v) is 5.68. The summed E-state index contributed by atoms with van der Waals surface area (Å²) >= 11 is 0. The lowest BCUT2D eigenvalue weighted by Gasteiger charge is -2.16. The van der Waals surface area contributed by atoms with Gasteiger partial charge in [-0.25, -0.2) is 0 Å². The lowest BCUT2D eigenvalue weighted by atomic mass is 10.0. The van der Waals surface area contributed by atoms with Gasteiger partial charge in [0.25, 0.3) is 0 Å². The third kappa shape index (κ3) is 3.21. The molecule has 0 aliphatic carbocycles. The highest BCUT2D eigenvalue weighted by Crippen LogP contribution is 2.44. The second-order valence-electron chi connectivity index (χ2n) is 5.43. The van der Waals surface area contributed by atoms with Crippen LogP contribution in [0.1, 0.15) is 11.5 Å². The predicted molar refractivity (Wildman–Crippen MR) is 89.4 cm³/mol. The van der Waals surface area contributed by atoms with Gasteiger partial charge in [-0.15, -0.1) is 0 Å². The number of aromatic nitrogens is 1. The minimum Gasteiger partial charge on any atom is -0.481 e. The van der Waals surface area contributed by atoms with Gasteiger partial charge in [-0.2, -0.15) is 0 Å². The van der Waals surface area contributed by atoms with Crippen molar-refractivity contribution in [2.75, 3.05) is 6.16 Å². The van der Waals surface area contributed by atoms with E-state index < -0.39 is 19.3 Å². The molecule has 1 aromatic heterocycles. The summed E-state index contributed by atoms with van der Waals surface area (Å²) in [6.45, 7) is 0. The molecule has 0 saturated heterocycles. The van der Waals surface area contributed by atoms with Crippen molar-refractivity contribution < 1.29 is 19.4 Å². The number of aliphatic carboxylic acids is 1. The highest BCUT2D eigenvalue weighted by molar-refractivity contribution is 7.65. The lowest BCUT2D eigenvalue weighted by Crippen LogP contribution is -2.20. The number of carboxylic acids is 1. The molecule has 3 aromatic rings. The topological polar surface area (TPSA) is 90.4 Å². The van der Waals surface area contributed by atoms with Crippen LogP contribution < -0.4 is 5.44 Å². The van der Waals surface area contributed by atoms with Gasteiger partial charge in [0.15, 0.2) is 0 Å². The zero-order valence-electron chi connectivity index (χ0n) is 12.2. The van der Waals surface area contributed by atoms with Crippen LogP contribution in [-0.4, -0.2) is 27.1 Å². The summed E-state index contributed by atoms with van der Waals surface area (Å²) < 4.78 is 12.7. The zero-order valence-corrected chi connectivity index (χ0v) is 13.1. The number of benzene rings is 2. The third-order valence-electron chi connectivity index (χ3n) is 3.82. The molecule has 1 heterocycles. The Kier molecular flexibility index (Phi) is 4.07. The second-order valence-corrected chi connectivity index (χ2v) is 7.68. The Morgan fingerprint density at radius 1 is 1.09 bits per heavy atom. The average molecular weight is 329 g/mol. The molecule has 3 N–H and O–H groups in total. The maximum Gasteiger partial charge on any atom is 0.311 e. The summed E-state index contributed by atoms with van der Waals surface area (Å²) in [5, 5.41) is 10.3. The van der Waals surface area contributed by atoms with Crippen LogP contribution in [0, 0.1) is 0 Å². The standard InChI is InChI=1S/C17H16NO4P/c19-17(20)14(12-6-2-1-3-7-12)11-23(21,22)16-10-13-8-4-5-9-15(13)18-16/h1-10,14,18H,11H2,(H,19,20)(H,21,22). The first kappa shape index (κ1) is 15.5. The van der Waals surface area contributed by atoms with Crippen molar-refractivity contribution in [3.63, 3.8) is 0 Å². The van der Waals surface area contributed by atoms with Crippen LogP contribution in [-0.2, 0) is 9.36 Å². The van der Waals surface area contributed by atoms with Crippen LogP contribution in [0.3, 0.4) is 0 Å². The SMILES string of the molecule is O=C(O)C(CP(=O)(O)c1cc2ccccc2[nH]1)c1ccccc1. The van der Waals surface area contributed by atoms with Gasteiger partial charge in [0, 0.05) is 17.1 Å². The molecule has 2 atom stereocenters. The van der Waals surface area contributed by atoms with E-state index in [2.05, 4.69) is 4.98 Å². The number of hydrogen-bond acceptors (Lipinski definition) is 2. The van der Waals surface area contributed by atoms with Gasteiger partial charge in [-0.1, -0.05) is 48.5 Å². The molecule has 0 amide bonds. The van der Waals surface area contributed by atoms with Crippen molar-refractivity contribution in [1.82, 2.24) is 4.98 Å². The molecular weight excluding hydrogens is 313 g/mol. The van der Waals surface area contributed by atoms with Gasteiger partial charge >= 0.3 is 5.97 Å². The number of carboxylic acid groups (broad SMARTS) is 1. The lowest BCUT2D eigenvalue weighted by molar-refractivity contribution is -0.138. The molecule has 3 rings (SSSR count). The van der Waals surface area contributed by atoms with E-state index in [9.17, 15) is 19.4 Å². The summed E-state index contributed by atoms with van der Waals surface area (Å²) in [4.78, 5) is 24.9. The minimum atomic E-state index is -3.83. The van der Waals surface area contributed by atoms with Crippen LogP contribution in [0.2, 0.25) is 0 Å². The van der Waals surface area contributed by atoms with Crippen molar-refractivity contribution in [3.8, 4) is 0 Å². The number of aromatic amines is 1. The van der Waals surface area contributed by atoms with E-state index in [0.29, 0.717) is 5.56 Å². The first-order chi connectivity index (χ1) is 11.0. The van der Waals surface area contributed by atoms with Crippen LogP contribution in [0.15, 0.2) is 60.7 Å². The Labute approximate surface area is 133 Å². The number of carbonyl (C=O) groups is 1. The molecule has 2 unspecified atom stereocenters. The van der Waals surface area contributed by atoms with Gasteiger partial charge in [0.2, 0.25) is 7.37 Å². The van der Waals surface area contributed by atoms with Gasteiger partial charge < -0.3 is 15.0 Å². The molecule has 23 heavy (non-hydrogen) atoms. The van der Waals surface area contributed by atoms with E-state index in [1.807, 2.05) is 24.3 Å². The molecule has 6 heteroatoms. The Bertz CT molecular complexity index is 855. The van der Waals surface area contributed by atoms with Crippen LogP contribution in [0.25, 0.3) is 10.9 Å². The predicted octanol–water partition coefficient (Wildman–Crippen LogP) is 2.93. The molecular formula is C17H16NO4P. The normalized spacial score (nSPS) is 15.2. The van der Waals surface area contributed by atoms with Crippen molar-refractivity contribution in [1.29, 1.82) is 0 Å². The van der Waals surface area contributed by atoms with Gasteiger partial charge in [-0.3, -0.25) is 9.36 Å². The smallest absolute Gasteiger partial charge is 0.311 e. The molecule has 0 aliphatic heterocycles. The molecule has 0 aliphatic rings. The van der Waals surface area contributed by atoms with Crippen molar-refractivity contribution in [3.05, 3.63) is 66.2 Å². The molecule has 0 saturated carbocycles. The summed E-state index contributed by atoms with van der Waals surface area (Å²) in [5.41, 5.74) is 1.45. The molecule has 5 nitrogen and oxygen atoms in total. The summed E-state index contributed by atoms with van der Waals surface area (Å²) in [6, 6.07) is 17.5. The molecule has 2 aromatic carbocycles. The fourth-order valence-electron chi connectivity index (χ4n) is 2.60. The van der Waals surface area contributed by atoms with Crippen molar-refractivity contribution in [2.45, 2.75) is 5.92 Å². The second kappa shape index (κ2) is 6.03. The maximum atomic E-state index is 12.7. The van der Waals surface area contributed by atoms with Crippen LogP contribution in [0.4, 0.5) is 0 Å². The number of para-hydroxylation sites is 1. The van der Waals surface area contributed by atoms with Crippen molar-refractivity contribution >= 4 is 29.7 Å². The van der Waals surface area contributed by atoms with E-state index in [1.165, 1.54) is 0 Å². The van der Waals surface area contributed by atoms with E-state index in [-0.39, 0.29) is 11.6 Å². The zero-order chi connectivity index (χ0) is 16.4. The van der Waals surface area contributed by atoms with Crippen LogP contribution >= 0.6 is 7.37 Å². The highest BCUT2D eigenvalue weighted by Gasteiger charge is 2.32. The van der Waals surface area contributed by atoms with Gasteiger partial charge in [0.1, 0.15) is 5.44 Å². The fourth-order valence-corrected chi connectivity index (χ4v) is 4.30. The van der Waals surface area contributed by atoms with Gasteiger partial charge in [0.05, 0.1) is 5.92 Å². The van der Waals surface area contributed by atoms with E-state index >= 15 is 0 Å². The number of rotatable bonds is 5. The Hall–Kier alpha value is -2.36. The molecule has 0 fully saturated rings. The number of H-pyrrole nitrogens is 1. The Morgan fingerprint density at radius 2 is 1.74 bits per heavy atom. The summed E-state index contributed by atoms with van der Waals surface area (Å²) in [6.07, 6.45) is -0.348. The van der Waals surface area contributed by atoms with E-state index in [1.54, 1.807) is 36.4 Å². The highest BCUT2D eigenvalue weighted by atomic mass is 31.2. The summed E-state index contributed by atoms with van der Waals surface area (Å²) in [7, 11) is -3.83. The van der Waals surface area contributed by atoms with E-state index in [0.717, 1.165) is 10.9 Å². The molecule has 0 bridgehead atoms. The van der Waals surface area contributed by atoms with Crippen LogP contribution in [0.5, 0.6) is 0 Å². The fraction of sp³-hybridized carbons (Fsp3) is 0.118. The molecule has 118 valence electrons. The monoisotopic (exact) mass is 329 g/mol. The number of hydrogen-bond donors (Lipinski definition) is 3.